The summed E-state index contributed by atoms with van der Waals surface area (Å²) in [4.78, 5) is 24.2. The number of hydrogen-bond acceptors (Lipinski definition) is 4. The monoisotopic (exact) mass is 347 g/mol. The number of amides is 2. The normalized spacial score (nSPS) is 20.8. The van der Waals surface area contributed by atoms with Gasteiger partial charge in [0.2, 0.25) is 11.8 Å². The largest absolute Gasteiger partial charge is 0.494 e. The summed E-state index contributed by atoms with van der Waals surface area (Å²) in [6, 6.07) is 7.22. The van der Waals surface area contributed by atoms with E-state index >= 15 is 0 Å². The first-order valence-corrected chi connectivity index (χ1v) is 9.03. The van der Waals surface area contributed by atoms with Crippen LogP contribution >= 0.6 is 0 Å². The van der Waals surface area contributed by atoms with Crippen molar-refractivity contribution in [3.05, 3.63) is 29.8 Å². The lowest BCUT2D eigenvalue weighted by Crippen LogP contribution is -2.41. The van der Waals surface area contributed by atoms with Crippen LogP contribution in [0.25, 0.3) is 0 Å². The Morgan fingerprint density at radius 2 is 2.08 bits per heavy atom. The average molecular weight is 347 g/mol. The van der Waals surface area contributed by atoms with E-state index in [1.807, 2.05) is 31.2 Å². The van der Waals surface area contributed by atoms with Crippen LogP contribution in [0.1, 0.15) is 51.1 Å². The maximum atomic E-state index is 12.6. The number of benzene rings is 1. The number of carbonyl (C=O) groups excluding carboxylic acids is 2. The Morgan fingerprint density at radius 3 is 2.76 bits per heavy atom. The van der Waals surface area contributed by atoms with Crippen LogP contribution in [0.15, 0.2) is 24.3 Å². The molecule has 6 heteroatoms. The van der Waals surface area contributed by atoms with Crippen LogP contribution in [-0.2, 0) is 9.59 Å². The number of hydrogen-bond donors (Lipinski definition) is 3. The van der Waals surface area contributed by atoms with Crippen molar-refractivity contribution in [2.24, 2.45) is 11.7 Å². The van der Waals surface area contributed by atoms with E-state index < -0.39 is 6.04 Å². The zero-order chi connectivity index (χ0) is 18.2. The Kier molecular flexibility index (Phi) is 7.25. The molecule has 0 spiro atoms. The second-order valence-corrected chi connectivity index (χ2v) is 6.53. The van der Waals surface area contributed by atoms with Gasteiger partial charge in [0.25, 0.3) is 0 Å². The van der Waals surface area contributed by atoms with Crippen molar-refractivity contribution in [1.29, 1.82) is 0 Å². The van der Waals surface area contributed by atoms with Gasteiger partial charge < -0.3 is 21.1 Å². The van der Waals surface area contributed by atoms with Gasteiger partial charge in [-0.3, -0.25) is 9.59 Å². The first-order valence-electron chi connectivity index (χ1n) is 9.03. The van der Waals surface area contributed by atoms with Gasteiger partial charge in [-0.15, -0.1) is 0 Å². The van der Waals surface area contributed by atoms with E-state index in [4.69, 9.17) is 10.5 Å². The molecule has 1 aromatic carbocycles. The number of ether oxygens (including phenoxy) is 1. The highest BCUT2D eigenvalue weighted by Gasteiger charge is 2.28. The first kappa shape index (κ1) is 19.2. The second-order valence-electron chi connectivity index (χ2n) is 6.53. The predicted molar refractivity (Wildman–Crippen MR) is 97.1 cm³/mol. The quantitative estimate of drug-likeness (QED) is 0.669. The summed E-state index contributed by atoms with van der Waals surface area (Å²) in [5.74, 6) is 0.788. The lowest BCUT2D eigenvalue weighted by atomic mass is 10.0. The summed E-state index contributed by atoms with van der Waals surface area (Å²) in [7, 11) is 0. The van der Waals surface area contributed by atoms with Crippen LogP contribution in [-0.4, -0.2) is 31.0 Å². The summed E-state index contributed by atoms with van der Waals surface area (Å²) in [6.45, 7) is 4.48. The number of para-hydroxylation sites is 1. The van der Waals surface area contributed by atoms with Crippen LogP contribution in [0.5, 0.6) is 5.75 Å². The molecule has 0 saturated heterocycles. The summed E-state index contributed by atoms with van der Waals surface area (Å²) in [5, 5.41) is 5.97. The Balaban J connectivity index is 2.10. The zero-order valence-corrected chi connectivity index (χ0v) is 15.1. The van der Waals surface area contributed by atoms with Gasteiger partial charge in [0, 0.05) is 18.5 Å². The average Bonchev–Trinajstić information content (AvgIpc) is 3.01. The van der Waals surface area contributed by atoms with Gasteiger partial charge in [0.15, 0.2) is 0 Å². The minimum Gasteiger partial charge on any atom is -0.494 e. The number of rotatable bonds is 8. The molecule has 0 radical (unpaired) electrons. The number of carbonyl (C=O) groups is 2. The molecule has 3 atom stereocenters. The summed E-state index contributed by atoms with van der Waals surface area (Å²) < 4.78 is 5.65. The number of nitrogens with one attached hydrogen (secondary N) is 2. The molecule has 25 heavy (non-hydrogen) atoms. The van der Waals surface area contributed by atoms with Crippen molar-refractivity contribution in [3.8, 4) is 5.75 Å². The molecule has 0 aliphatic heterocycles. The molecule has 3 unspecified atom stereocenters. The molecule has 1 aromatic rings. The minimum absolute atomic E-state index is 0.0737. The van der Waals surface area contributed by atoms with Gasteiger partial charge in [-0.05, 0) is 38.3 Å². The van der Waals surface area contributed by atoms with Gasteiger partial charge in [-0.2, -0.15) is 0 Å². The topological polar surface area (TPSA) is 93.4 Å². The second kappa shape index (κ2) is 9.42. The third-order valence-corrected chi connectivity index (χ3v) is 4.67. The van der Waals surface area contributed by atoms with E-state index in [1.54, 1.807) is 0 Å². The van der Waals surface area contributed by atoms with Crippen molar-refractivity contribution >= 4 is 11.8 Å². The predicted octanol–water partition coefficient (Wildman–Crippen LogP) is 1.90. The fourth-order valence-corrected chi connectivity index (χ4v) is 3.50. The molecular formula is C19H29N3O3. The molecule has 4 N–H and O–H groups in total. The lowest BCUT2D eigenvalue weighted by molar-refractivity contribution is -0.123. The highest BCUT2D eigenvalue weighted by Crippen LogP contribution is 2.28. The SMILES string of the molecule is CCOc1ccccc1C(CC(=O)NC1CCCC1CN)NC(C)=O. The van der Waals surface area contributed by atoms with E-state index in [0.717, 1.165) is 24.8 Å². The van der Waals surface area contributed by atoms with E-state index in [2.05, 4.69) is 10.6 Å². The fraction of sp³-hybridized carbons (Fsp3) is 0.579. The van der Waals surface area contributed by atoms with E-state index in [1.165, 1.54) is 6.92 Å². The molecule has 2 rings (SSSR count). The molecule has 0 aromatic heterocycles. The molecule has 6 nitrogen and oxygen atoms in total. The maximum absolute atomic E-state index is 12.6. The van der Waals surface area contributed by atoms with Crippen molar-refractivity contribution in [2.75, 3.05) is 13.2 Å². The van der Waals surface area contributed by atoms with E-state index in [9.17, 15) is 9.59 Å². The molecular weight excluding hydrogens is 318 g/mol. The molecule has 138 valence electrons. The van der Waals surface area contributed by atoms with Gasteiger partial charge >= 0.3 is 0 Å². The van der Waals surface area contributed by atoms with Crippen molar-refractivity contribution in [2.45, 2.75) is 51.6 Å². The first-order chi connectivity index (χ1) is 12.0. The molecule has 1 aliphatic carbocycles. The van der Waals surface area contributed by atoms with Crippen molar-refractivity contribution in [3.63, 3.8) is 0 Å². The van der Waals surface area contributed by atoms with Gasteiger partial charge in [0.05, 0.1) is 19.1 Å². The lowest BCUT2D eigenvalue weighted by Gasteiger charge is -2.23. The zero-order valence-electron chi connectivity index (χ0n) is 15.1. The Labute approximate surface area is 149 Å². The minimum atomic E-state index is -0.419. The molecule has 1 fully saturated rings. The van der Waals surface area contributed by atoms with Gasteiger partial charge in [0.1, 0.15) is 5.75 Å². The van der Waals surface area contributed by atoms with E-state index in [-0.39, 0.29) is 24.3 Å². The molecule has 2 amide bonds. The smallest absolute Gasteiger partial charge is 0.222 e. The van der Waals surface area contributed by atoms with Crippen molar-refractivity contribution in [1.82, 2.24) is 10.6 Å². The van der Waals surface area contributed by atoms with Crippen LogP contribution in [0.2, 0.25) is 0 Å². The van der Waals surface area contributed by atoms with Crippen molar-refractivity contribution < 1.29 is 14.3 Å². The molecule has 0 heterocycles. The van der Waals surface area contributed by atoms with E-state index in [0.29, 0.717) is 24.8 Å². The Bertz CT molecular complexity index is 591. The maximum Gasteiger partial charge on any atom is 0.222 e. The third kappa shape index (κ3) is 5.46. The highest BCUT2D eigenvalue weighted by molar-refractivity contribution is 5.79. The van der Waals surface area contributed by atoms with Crippen LogP contribution in [0, 0.1) is 5.92 Å². The van der Waals surface area contributed by atoms with Crippen LogP contribution < -0.4 is 21.1 Å². The Morgan fingerprint density at radius 1 is 1.32 bits per heavy atom. The van der Waals surface area contributed by atoms with Gasteiger partial charge in [-0.25, -0.2) is 0 Å². The Hall–Kier alpha value is -2.08. The molecule has 1 saturated carbocycles. The standard InChI is InChI=1S/C19H29N3O3/c1-3-25-18-10-5-4-8-15(18)17(21-13(2)23)11-19(24)22-16-9-6-7-14(16)12-20/h4-5,8,10,14,16-17H,3,6-7,9,11-12,20H2,1-2H3,(H,21,23)(H,22,24). The summed E-state index contributed by atoms with van der Waals surface area (Å²) >= 11 is 0. The third-order valence-electron chi connectivity index (χ3n) is 4.67. The fourth-order valence-electron chi connectivity index (χ4n) is 3.50. The number of nitrogens with two attached hydrogens (primary N) is 1. The molecule has 1 aliphatic rings. The van der Waals surface area contributed by atoms with Crippen LogP contribution in [0.3, 0.4) is 0 Å². The molecule has 0 bridgehead atoms. The van der Waals surface area contributed by atoms with Crippen LogP contribution in [0.4, 0.5) is 0 Å². The van der Waals surface area contributed by atoms with Gasteiger partial charge in [-0.1, -0.05) is 24.6 Å². The summed E-state index contributed by atoms with van der Waals surface area (Å²) in [6.07, 6.45) is 3.30. The summed E-state index contributed by atoms with van der Waals surface area (Å²) in [5.41, 5.74) is 6.60. The highest BCUT2D eigenvalue weighted by atomic mass is 16.5.